The van der Waals surface area contributed by atoms with Crippen LogP contribution in [-0.2, 0) is 19.9 Å². The number of carbonyl (C=O) groups is 5. The molecule has 1 heterocycles. The number of rotatable bonds is 5. The summed E-state index contributed by atoms with van der Waals surface area (Å²) in [6.45, 7) is 2.19. The largest absolute Gasteiger partial charge is 0.465 e. The van der Waals surface area contributed by atoms with Gasteiger partial charge in [-0.15, -0.1) is 0 Å². The number of amides is 4. The molecule has 1 fully saturated rings. The lowest BCUT2D eigenvalue weighted by Crippen LogP contribution is -2.76. The lowest BCUT2D eigenvalue weighted by Gasteiger charge is -2.49. The Labute approximate surface area is 198 Å². The maximum Gasteiger partial charge on any atom is 0.405 e. The first kappa shape index (κ1) is 25.1. The molecule has 0 aliphatic carbocycles. The number of hydrogen-bond acceptors (Lipinski definition) is 8. The standard InChI is InChI=1S/C22H21FN4O8/c1-11(28)34-16-9-4-13(10-17(16)35-12(2)29)22(25-20(31)32)18(24)27(21(33)26(3)19(22)30)15-7-5-14(23)6-8-15/h4-10,18,25H,24H2,1-3H3,(H,31,32). The Morgan fingerprint density at radius 1 is 1.03 bits per heavy atom. The second-order valence-corrected chi connectivity index (χ2v) is 7.52. The zero-order valence-corrected chi connectivity index (χ0v) is 18.8. The van der Waals surface area contributed by atoms with Crippen molar-refractivity contribution in [3.63, 3.8) is 0 Å². The molecule has 0 saturated carbocycles. The average Bonchev–Trinajstić information content (AvgIpc) is 2.77. The summed E-state index contributed by atoms with van der Waals surface area (Å²) in [6.07, 6.45) is -3.33. The summed E-state index contributed by atoms with van der Waals surface area (Å²) in [5.41, 5.74) is 4.01. The third-order valence-electron chi connectivity index (χ3n) is 5.17. The highest BCUT2D eigenvalue weighted by Crippen LogP contribution is 2.39. The van der Waals surface area contributed by atoms with Crippen LogP contribution in [0.5, 0.6) is 11.5 Å². The van der Waals surface area contributed by atoms with E-state index < -0.39 is 47.5 Å². The molecule has 2 aromatic carbocycles. The molecule has 184 valence electrons. The van der Waals surface area contributed by atoms with E-state index in [1.165, 1.54) is 24.3 Å². The summed E-state index contributed by atoms with van der Waals surface area (Å²) < 4.78 is 23.6. The Hall–Kier alpha value is -4.52. The van der Waals surface area contributed by atoms with Crippen LogP contribution < -0.4 is 25.4 Å². The van der Waals surface area contributed by atoms with Gasteiger partial charge in [0.1, 0.15) is 12.0 Å². The number of likely N-dealkylation sites (N-methyl/N-ethyl adjacent to an activating group) is 1. The van der Waals surface area contributed by atoms with Crippen LogP contribution in [0.2, 0.25) is 0 Å². The molecule has 1 aliphatic heterocycles. The number of esters is 2. The van der Waals surface area contributed by atoms with Crippen molar-refractivity contribution >= 4 is 35.7 Å². The number of carboxylic acid groups (broad SMARTS) is 1. The molecule has 2 atom stereocenters. The molecule has 0 aromatic heterocycles. The molecule has 0 bridgehead atoms. The Morgan fingerprint density at radius 3 is 2.14 bits per heavy atom. The summed E-state index contributed by atoms with van der Waals surface area (Å²) in [7, 11) is 1.12. The summed E-state index contributed by atoms with van der Waals surface area (Å²) in [5.74, 6) is -3.65. The smallest absolute Gasteiger partial charge is 0.405 e. The fourth-order valence-corrected chi connectivity index (χ4v) is 3.71. The van der Waals surface area contributed by atoms with Gasteiger partial charge in [0.25, 0.3) is 5.91 Å². The van der Waals surface area contributed by atoms with Crippen LogP contribution in [-0.4, -0.2) is 53.2 Å². The number of nitrogens with one attached hydrogen (secondary N) is 1. The molecule has 13 heteroatoms. The highest BCUT2D eigenvalue weighted by Gasteiger charge is 2.58. The molecular formula is C22H21FN4O8. The first-order chi connectivity index (χ1) is 16.4. The highest BCUT2D eigenvalue weighted by atomic mass is 19.1. The van der Waals surface area contributed by atoms with Crippen molar-refractivity contribution < 1.29 is 42.9 Å². The summed E-state index contributed by atoms with van der Waals surface area (Å²) in [5, 5.41) is 11.7. The van der Waals surface area contributed by atoms with Gasteiger partial charge in [0.2, 0.25) is 0 Å². The Kier molecular flexibility index (Phi) is 6.73. The van der Waals surface area contributed by atoms with E-state index in [-0.39, 0.29) is 22.7 Å². The zero-order chi connectivity index (χ0) is 26.1. The Bertz CT molecular complexity index is 1220. The van der Waals surface area contributed by atoms with Gasteiger partial charge in [0.15, 0.2) is 17.0 Å². The maximum atomic E-state index is 13.5. The van der Waals surface area contributed by atoms with Crippen LogP contribution in [0.1, 0.15) is 19.4 Å². The summed E-state index contributed by atoms with van der Waals surface area (Å²) >= 11 is 0. The average molecular weight is 488 g/mol. The van der Waals surface area contributed by atoms with Crippen LogP contribution in [0.3, 0.4) is 0 Å². The number of carbonyl (C=O) groups excluding carboxylic acids is 4. The molecular weight excluding hydrogens is 467 g/mol. The van der Waals surface area contributed by atoms with Crippen LogP contribution in [0, 0.1) is 5.82 Å². The lowest BCUT2D eigenvalue weighted by atomic mass is 9.82. The minimum absolute atomic E-state index is 0.0801. The number of anilines is 1. The van der Waals surface area contributed by atoms with Crippen molar-refractivity contribution in [2.24, 2.45) is 5.73 Å². The molecule has 2 unspecified atom stereocenters. The fourth-order valence-electron chi connectivity index (χ4n) is 3.71. The Morgan fingerprint density at radius 2 is 1.60 bits per heavy atom. The molecule has 12 nitrogen and oxygen atoms in total. The quantitative estimate of drug-likeness (QED) is 0.417. The van der Waals surface area contributed by atoms with Crippen molar-refractivity contribution in [1.29, 1.82) is 0 Å². The molecule has 1 aliphatic rings. The van der Waals surface area contributed by atoms with Gasteiger partial charge in [-0.25, -0.2) is 14.0 Å². The van der Waals surface area contributed by atoms with Crippen molar-refractivity contribution in [3.8, 4) is 11.5 Å². The van der Waals surface area contributed by atoms with Crippen LogP contribution in [0.25, 0.3) is 0 Å². The molecule has 2 aromatic rings. The second kappa shape index (κ2) is 9.38. The molecule has 3 rings (SSSR count). The van der Waals surface area contributed by atoms with Gasteiger partial charge < -0.3 is 25.6 Å². The topological polar surface area (TPSA) is 169 Å². The fraction of sp³-hybridized carbons (Fsp3) is 0.227. The van der Waals surface area contributed by atoms with Crippen LogP contribution in [0.15, 0.2) is 42.5 Å². The first-order valence-electron chi connectivity index (χ1n) is 10.0. The molecule has 35 heavy (non-hydrogen) atoms. The van der Waals surface area contributed by atoms with E-state index >= 15 is 0 Å². The van der Waals surface area contributed by atoms with Crippen LogP contribution >= 0.6 is 0 Å². The van der Waals surface area contributed by atoms with Gasteiger partial charge >= 0.3 is 24.1 Å². The van der Waals surface area contributed by atoms with E-state index in [2.05, 4.69) is 5.32 Å². The first-order valence-corrected chi connectivity index (χ1v) is 10.0. The molecule has 4 N–H and O–H groups in total. The van der Waals surface area contributed by atoms with Gasteiger partial charge in [0, 0.05) is 26.6 Å². The molecule has 4 amide bonds. The maximum absolute atomic E-state index is 13.5. The lowest BCUT2D eigenvalue weighted by molar-refractivity contribution is -0.137. The minimum Gasteiger partial charge on any atom is -0.465 e. The molecule has 0 radical (unpaired) electrons. The SMILES string of the molecule is CC(=O)Oc1ccc(C2(NC(=O)O)C(=O)N(C)C(=O)N(c3ccc(F)cc3)C2N)cc1OC(C)=O. The zero-order valence-electron chi connectivity index (χ0n) is 18.8. The van der Waals surface area contributed by atoms with Crippen molar-refractivity contribution in [3.05, 3.63) is 53.8 Å². The Balaban J connectivity index is 2.26. The molecule has 1 saturated heterocycles. The second-order valence-electron chi connectivity index (χ2n) is 7.52. The number of benzene rings is 2. The number of urea groups is 1. The predicted molar refractivity (Wildman–Crippen MR) is 117 cm³/mol. The van der Waals surface area contributed by atoms with E-state index in [1.54, 1.807) is 0 Å². The predicted octanol–water partition coefficient (Wildman–Crippen LogP) is 1.52. The van der Waals surface area contributed by atoms with E-state index in [0.717, 1.165) is 44.0 Å². The minimum atomic E-state index is -2.31. The number of nitrogens with two attached hydrogens (primary N) is 1. The van der Waals surface area contributed by atoms with E-state index in [1.807, 2.05) is 0 Å². The van der Waals surface area contributed by atoms with E-state index in [4.69, 9.17) is 15.2 Å². The third-order valence-corrected chi connectivity index (χ3v) is 5.17. The highest BCUT2D eigenvalue weighted by molar-refractivity contribution is 6.11. The van der Waals surface area contributed by atoms with Gasteiger partial charge in [-0.1, -0.05) is 6.07 Å². The van der Waals surface area contributed by atoms with E-state index in [0.29, 0.717) is 4.90 Å². The number of ether oxygens (including phenoxy) is 2. The van der Waals surface area contributed by atoms with E-state index in [9.17, 15) is 33.5 Å². The van der Waals surface area contributed by atoms with Crippen molar-refractivity contribution in [2.45, 2.75) is 25.6 Å². The number of hydrogen-bond donors (Lipinski definition) is 3. The summed E-state index contributed by atoms with van der Waals surface area (Å²) in [6, 6.07) is 7.19. The number of halogens is 1. The van der Waals surface area contributed by atoms with Gasteiger partial charge in [0.05, 0.1) is 0 Å². The van der Waals surface area contributed by atoms with Crippen LogP contribution in [0.4, 0.5) is 19.7 Å². The third kappa shape index (κ3) is 4.61. The summed E-state index contributed by atoms with van der Waals surface area (Å²) in [4.78, 5) is 62.9. The molecule has 0 spiro atoms. The van der Waals surface area contributed by atoms with Gasteiger partial charge in [-0.3, -0.25) is 24.2 Å². The number of nitrogens with zero attached hydrogens (tertiary/aromatic N) is 2. The monoisotopic (exact) mass is 488 g/mol. The number of imide groups is 1. The van der Waals surface area contributed by atoms with Crippen molar-refractivity contribution in [1.82, 2.24) is 10.2 Å². The van der Waals surface area contributed by atoms with Crippen molar-refractivity contribution in [2.75, 3.05) is 11.9 Å². The van der Waals surface area contributed by atoms with Gasteiger partial charge in [-0.2, -0.15) is 0 Å². The van der Waals surface area contributed by atoms with Gasteiger partial charge in [-0.05, 0) is 42.0 Å². The normalized spacial score (nSPS) is 19.9.